The summed E-state index contributed by atoms with van der Waals surface area (Å²) in [6.07, 6.45) is -0.634. The van der Waals surface area contributed by atoms with Crippen molar-refractivity contribution in [3.63, 3.8) is 0 Å². The van der Waals surface area contributed by atoms with E-state index in [1.807, 2.05) is 44.2 Å². The molecule has 106 valence electrons. The summed E-state index contributed by atoms with van der Waals surface area (Å²) in [6, 6.07) is 9.41. The van der Waals surface area contributed by atoms with Gasteiger partial charge in [-0.2, -0.15) is 5.10 Å². The molecular formula is C15H19N3O2. The van der Waals surface area contributed by atoms with Gasteiger partial charge in [-0.3, -0.25) is 9.48 Å². The zero-order chi connectivity index (χ0) is 14.7. The Labute approximate surface area is 118 Å². The molecule has 1 heterocycles. The molecule has 20 heavy (non-hydrogen) atoms. The molecule has 1 aromatic heterocycles. The first-order chi connectivity index (χ1) is 9.54. The molecule has 2 aromatic rings. The third kappa shape index (κ3) is 2.72. The summed E-state index contributed by atoms with van der Waals surface area (Å²) in [5, 5.41) is 7.17. The maximum atomic E-state index is 12.4. The molecule has 0 fully saturated rings. The highest BCUT2D eigenvalue weighted by Gasteiger charge is 2.22. The maximum Gasteiger partial charge on any atom is 0.259 e. The van der Waals surface area contributed by atoms with Gasteiger partial charge in [0.15, 0.2) is 6.10 Å². The second-order valence-electron chi connectivity index (χ2n) is 4.70. The number of hydrogen-bond acceptors (Lipinski definition) is 3. The van der Waals surface area contributed by atoms with E-state index in [1.54, 1.807) is 11.7 Å². The molecule has 1 atom stereocenters. The number of benzene rings is 1. The number of methoxy groups -OCH3 is 1. The van der Waals surface area contributed by atoms with Gasteiger partial charge >= 0.3 is 0 Å². The summed E-state index contributed by atoms with van der Waals surface area (Å²) < 4.78 is 6.98. The molecule has 0 bridgehead atoms. The average molecular weight is 273 g/mol. The minimum Gasteiger partial charge on any atom is -0.367 e. The van der Waals surface area contributed by atoms with Crippen LogP contribution in [0.4, 0.5) is 5.82 Å². The molecule has 0 spiro atoms. The second-order valence-corrected chi connectivity index (χ2v) is 4.70. The summed E-state index contributed by atoms with van der Waals surface area (Å²) in [7, 11) is 3.33. The molecule has 0 aliphatic carbocycles. The molecule has 0 saturated carbocycles. The van der Waals surface area contributed by atoms with E-state index in [0.717, 1.165) is 16.8 Å². The Balaban J connectivity index is 2.22. The van der Waals surface area contributed by atoms with Crippen molar-refractivity contribution in [2.45, 2.75) is 20.0 Å². The monoisotopic (exact) mass is 273 g/mol. The molecule has 0 saturated heterocycles. The highest BCUT2D eigenvalue weighted by Crippen LogP contribution is 2.21. The van der Waals surface area contributed by atoms with E-state index < -0.39 is 6.10 Å². The highest BCUT2D eigenvalue weighted by atomic mass is 16.5. The molecule has 0 aliphatic rings. The number of amides is 1. The van der Waals surface area contributed by atoms with Crippen LogP contribution in [0.25, 0.3) is 0 Å². The molecule has 1 unspecified atom stereocenters. The number of anilines is 1. The second kappa shape index (κ2) is 5.88. The number of nitrogens with one attached hydrogen (secondary N) is 1. The first-order valence-corrected chi connectivity index (χ1v) is 6.43. The van der Waals surface area contributed by atoms with Crippen molar-refractivity contribution in [2.24, 2.45) is 7.05 Å². The van der Waals surface area contributed by atoms with Crippen molar-refractivity contribution >= 4 is 11.7 Å². The lowest BCUT2D eigenvalue weighted by molar-refractivity contribution is -0.126. The van der Waals surface area contributed by atoms with Gasteiger partial charge in [-0.15, -0.1) is 0 Å². The molecular weight excluding hydrogens is 254 g/mol. The van der Waals surface area contributed by atoms with Gasteiger partial charge < -0.3 is 10.1 Å². The Morgan fingerprint density at radius 1 is 1.30 bits per heavy atom. The van der Waals surface area contributed by atoms with Crippen LogP contribution in [0.3, 0.4) is 0 Å². The number of carbonyl (C=O) groups is 1. The number of aryl methyl sites for hydroxylation is 2. The summed E-state index contributed by atoms with van der Waals surface area (Å²) in [5.74, 6) is 0.496. The smallest absolute Gasteiger partial charge is 0.259 e. The minimum atomic E-state index is -0.634. The maximum absolute atomic E-state index is 12.4. The van der Waals surface area contributed by atoms with Crippen molar-refractivity contribution in [3.05, 3.63) is 47.2 Å². The molecule has 5 heteroatoms. The third-order valence-corrected chi connectivity index (χ3v) is 3.34. The van der Waals surface area contributed by atoms with Gasteiger partial charge in [0.1, 0.15) is 5.82 Å². The van der Waals surface area contributed by atoms with Crippen molar-refractivity contribution in [2.75, 3.05) is 12.4 Å². The SMILES string of the molecule is COC(C(=O)Nc1c(C)c(C)nn1C)c1ccccc1. The molecule has 2 rings (SSSR count). The lowest BCUT2D eigenvalue weighted by Crippen LogP contribution is -2.24. The summed E-state index contributed by atoms with van der Waals surface area (Å²) in [4.78, 5) is 12.4. The predicted molar refractivity (Wildman–Crippen MR) is 77.5 cm³/mol. The molecule has 1 N–H and O–H groups in total. The van der Waals surface area contributed by atoms with Gasteiger partial charge in [0.05, 0.1) is 5.69 Å². The lowest BCUT2D eigenvalue weighted by Gasteiger charge is -2.16. The number of nitrogens with zero attached hydrogens (tertiary/aromatic N) is 2. The van der Waals surface area contributed by atoms with E-state index in [-0.39, 0.29) is 5.91 Å². The van der Waals surface area contributed by atoms with E-state index >= 15 is 0 Å². The van der Waals surface area contributed by atoms with E-state index in [4.69, 9.17) is 4.74 Å². The van der Waals surface area contributed by atoms with E-state index in [2.05, 4.69) is 10.4 Å². The van der Waals surface area contributed by atoms with Gasteiger partial charge in [0.25, 0.3) is 5.91 Å². The summed E-state index contributed by atoms with van der Waals surface area (Å²) >= 11 is 0. The zero-order valence-electron chi connectivity index (χ0n) is 12.2. The van der Waals surface area contributed by atoms with Gasteiger partial charge in [0, 0.05) is 19.7 Å². The lowest BCUT2D eigenvalue weighted by atomic mass is 10.1. The van der Waals surface area contributed by atoms with E-state index in [1.165, 1.54) is 7.11 Å². The van der Waals surface area contributed by atoms with Crippen LogP contribution in [0.5, 0.6) is 0 Å². The number of carbonyl (C=O) groups excluding carboxylic acids is 1. The summed E-state index contributed by atoms with van der Waals surface area (Å²) in [5.41, 5.74) is 2.68. The predicted octanol–water partition coefficient (Wildman–Crippen LogP) is 2.36. The first-order valence-electron chi connectivity index (χ1n) is 6.43. The Hall–Kier alpha value is -2.14. The quantitative estimate of drug-likeness (QED) is 0.930. The van der Waals surface area contributed by atoms with Crippen molar-refractivity contribution in [3.8, 4) is 0 Å². The molecule has 1 amide bonds. The van der Waals surface area contributed by atoms with Gasteiger partial charge in [-0.25, -0.2) is 0 Å². The Morgan fingerprint density at radius 2 is 1.95 bits per heavy atom. The van der Waals surface area contributed by atoms with Gasteiger partial charge in [0.2, 0.25) is 0 Å². The van der Waals surface area contributed by atoms with Crippen LogP contribution in [0, 0.1) is 13.8 Å². The number of ether oxygens (including phenoxy) is 1. The van der Waals surface area contributed by atoms with Crippen LogP contribution in [0.2, 0.25) is 0 Å². The first kappa shape index (κ1) is 14.3. The number of rotatable bonds is 4. The Bertz CT molecular complexity index is 605. The number of aromatic nitrogens is 2. The number of hydrogen-bond donors (Lipinski definition) is 1. The fourth-order valence-corrected chi connectivity index (χ4v) is 2.14. The van der Waals surface area contributed by atoms with Crippen LogP contribution in [0.1, 0.15) is 22.9 Å². The Morgan fingerprint density at radius 3 is 2.45 bits per heavy atom. The Kier molecular flexibility index (Phi) is 4.20. The van der Waals surface area contributed by atoms with E-state index in [0.29, 0.717) is 5.82 Å². The fourth-order valence-electron chi connectivity index (χ4n) is 2.14. The van der Waals surface area contributed by atoms with Gasteiger partial charge in [-0.05, 0) is 19.4 Å². The molecule has 1 aromatic carbocycles. The normalized spacial score (nSPS) is 12.2. The fraction of sp³-hybridized carbons (Fsp3) is 0.333. The van der Waals surface area contributed by atoms with Crippen LogP contribution >= 0.6 is 0 Å². The topological polar surface area (TPSA) is 56.1 Å². The summed E-state index contributed by atoms with van der Waals surface area (Å²) in [6.45, 7) is 3.85. The van der Waals surface area contributed by atoms with Crippen LogP contribution in [0.15, 0.2) is 30.3 Å². The minimum absolute atomic E-state index is 0.204. The van der Waals surface area contributed by atoms with Crippen molar-refractivity contribution in [1.29, 1.82) is 0 Å². The molecule has 5 nitrogen and oxygen atoms in total. The molecule has 0 aliphatic heterocycles. The van der Waals surface area contributed by atoms with Crippen LogP contribution in [-0.4, -0.2) is 22.8 Å². The molecule has 0 radical (unpaired) electrons. The largest absolute Gasteiger partial charge is 0.367 e. The van der Waals surface area contributed by atoms with Crippen LogP contribution < -0.4 is 5.32 Å². The van der Waals surface area contributed by atoms with Gasteiger partial charge in [-0.1, -0.05) is 30.3 Å². The van der Waals surface area contributed by atoms with Crippen molar-refractivity contribution in [1.82, 2.24) is 9.78 Å². The zero-order valence-corrected chi connectivity index (χ0v) is 12.2. The standard InChI is InChI=1S/C15H19N3O2/c1-10-11(2)17-18(3)14(10)16-15(19)13(20-4)12-8-6-5-7-9-12/h5-9,13H,1-4H3,(H,16,19). The van der Waals surface area contributed by atoms with E-state index in [9.17, 15) is 4.79 Å². The third-order valence-electron chi connectivity index (χ3n) is 3.34. The highest BCUT2D eigenvalue weighted by molar-refractivity contribution is 5.94. The average Bonchev–Trinajstić information content (AvgIpc) is 2.67. The van der Waals surface area contributed by atoms with Crippen LogP contribution in [-0.2, 0) is 16.6 Å². The van der Waals surface area contributed by atoms with Crippen molar-refractivity contribution < 1.29 is 9.53 Å².